The van der Waals surface area contributed by atoms with Crippen LogP contribution in [0.4, 0.5) is 10.5 Å². The van der Waals surface area contributed by atoms with Gasteiger partial charge in [0.25, 0.3) is 5.91 Å². The van der Waals surface area contributed by atoms with Crippen LogP contribution in [0.1, 0.15) is 27.9 Å². The molecule has 1 aliphatic rings. The highest BCUT2D eigenvalue weighted by molar-refractivity contribution is 6.02. The Morgan fingerprint density at radius 1 is 1.21 bits per heavy atom. The number of hydrogen-bond donors (Lipinski definition) is 1. The summed E-state index contributed by atoms with van der Waals surface area (Å²) < 4.78 is 5.19. The van der Waals surface area contributed by atoms with Crippen molar-refractivity contribution in [3.8, 4) is 0 Å². The van der Waals surface area contributed by atoms with Crippen LogP contribution in [0.15, 0.2) is 61.2 Å². The van der Waals surface area contributed by atoms with Crippen LogP contribution in [0.25, 0.3) is 0 Å². The third kappa shape index (κ3) is 4.82. The Kier molecular flexibility index (Phi) is 6.29. The minimum atomic E-state index is -0.664. The third-order valence-corrected chi connectivity index (χ3v) is 4.65. The van der Waals surface area contributed by atoms with Crippen LogP contribution in [0.5, 0.6) is 0 Å². The number of carbonyl (C=O) groups is 3. The Morgan fingerprint density at radius 3 is 2.69 bits per heavy atom. The average molecular weight is 393 g/mol. The van der Waals surface area contributed by atoms with Gasteiger partial charge in [-0.15, -0.1) is 0 Å². The maximum atomic E-state index is 12.5. The highest BCUT2D eigenvalue weighted by atomic mass is 16.6. The second kappa shape index (κ2) is 9.05. The van der Waals surface area contributed by atoms with E-state index in [0.717, 1.165) is 34.7 Å². The van der Waals surface area contributed by atoms with Crippen molar-refractivity contribution in [3.05, 3.63) is 77.9 Å². The number of hydrogen-bond acceptors (Lipinski definition) is 4. The first-order chi connectivity index (χ1) is 14.0. The van der Waals surface area contributed by atoms with E-state index in [0.29, 0.717) is 12.1 Å². The smallest absolute Gasteiger partial charge is 0.428 e. The lowest BCUT2D eigenvalue weighted by Gasteiger charge is -2.29. The van der Waals surface area contributed by atoms with Crippen molar-refractivity contribution in [2.75, 3.05) is 18.5 Å². The highest BCUT2D eigenvalue weighted by Gasteiger charge is 2.22. The zero-order valence-electron chi connectivity index (χ0n) is 16.3. The van der Waals surface area contributed by atoms with E-state index in [2.05, 4.69) is 12.0 Å². The molecule has 0 saturated heterocycles. The van der Waals surface area contributed by atoms with Gasteiger partial charge in [0.15, 0.2) is 0 Å². The Balaban J connectivity index is 1.62. The fourth-order valence-electron chi connectivity index (χ4n) is 3.16. The Labute approximate surface area is 169 Å². The summed E-state index contributed by atoms with van der Waals surface area (Å²) in [5.41, 5.74) is 5.46. The lowest BCUT2D eigenvalue weighted by atomic mass is 9.99. The summed E-state index contributed by atoms with van der Waals surface area (Å²) in [7, 11) is 1.42. The van der Waals surface area contributed by atoms with E-state index in [-0.39, 0.29) is 12.5 Å². The largest absolute Gasteiger partial charge is 0.443 e. The van der Waals surface area contributed by atoms with Crippen LogP contribution in [-0.2, 0) is 22.6 Å². The molecule has 0 unspecified atom stereocenters. The minimum absolute atomic E-state index is 0.117. The topological polar surface area (TPSA) is 79.0 Å². The van der Waals surface area contributed by atoms with E-state index in [4.69, 9.17) is 4.74 Å². The normalized spacial score (nSPS) is 12.5. The van der Waals surface area contributed by atoms with Crippen molar-refractivity contribution in [3.63, 3.8) is 0 Å². The molecule has 1 N–H and O–H groups in total. The van der Waals surface area contributed by atoms with Gasteiger partial charge in [-0.25, -0.2) is 9.80 Å². The molecular formula is C22H23N3O4. The molecule has 0 aliphatic carbocycles. The molecule has 3 rings (SSSR count). The summed E-state index contributed by atoms with van der Waals surface area (Å²) in [6.45, 7) is 4.27. The van der Waals surface area contributed by atoms with Gasteiger partial charge in [0.2, 0.25) is 5.91 Å². The zero-order chi connectivity index (χ0) is 20.8. The van der Waals surface area contributed by atoms with Crippen LogP contribution >= 0.6 is 0 Å². The predicted molar refractivity (Wildman–Crippen MR) is 109 cm³/mol. The van der Waals surface area contributed by atoms with Gasteiger partial charge in [0.05, 0.1) is 0 Å². The molecule has 1 heterocycles. The number of fused-ring (bicyclic) bond motifs is 1. The van der Waals surface area contributed by atoms with Gasteiger partial charge in [-0.3, -0.25) is 15.0 Å². The van der Waals surface area contributed by atoms with E-state index in [1.807, 2.05) is 30.3 Å². The van der Waals surface area contributed by atoms with Gasteiger partial charge < -0.3 is 9.64 Å². The number of ether oxygens (including phenoxy) is 1. The van der Waals surface area contributed by atoms with Crippen molar-refractivity contribution >= 4 is 23.6 Å². The van der Waals surface area contributed by atoms with Crippen LogP contribution < -0.4 is 10.3 Å². The van der Waals surface area contributed by atoms with Gasteiger partial charge in [-0.2, -0.15) is 0 Å². The standard InChI is InChI=1S/C22H23N3O4/c1-3-20(26)25-13-7-10-17-14-18(11-12-19(17)25)21(27)23-24(2)22(28)29-15-16-8-5-4-6-9-16/h3-6,8-9,11-12,14H,1,7,10,13,15H2,2H3,(H,23,27). The second-order valence-electron chi connectivity index (χ2n) is 6.68. The Hall–Kier alpha value is -3.61. The zero-order valence-corrected chi connectivity index (χ0v) is 16.3. The lowest BCUT2D eigenvalue weighted by molar-refractivity contribution is -0.114. The molecular weight excluding hydrogens is 370 g/mol. The maximum absolute atomic E-state index is 12.5. The van der Waals surface area contributed by atoms with Crippen LogP contribution in [0.3, 0.4) is 0 Å². The van der Waals surface area contributed by atoms with E-state index in [1.54, 1.807) is 23.1 Å². The van der Waals surface area contributed by atoms with Gasteiger partial charge in [0, 0.05) is 24.8 Å². The number of amides is 3. The highest BCUT2D eigenvalue weighted by Crippen LogP contribution is 2.28. The molecule has 0 aromatic heterocycles. The van der Waals surface area contributed by atoms with Crippen LogP contribution in [-0.4, -0.2) is 36.5 Å². The third-order valence-electron chi connectivity index (χ3n) is 4.65. The quantitative estimate of drug-likeness (QED) is 0.640. The summed E-state index contributed by atoms with van der Waals surface area (Å²) in [5.74, 6) is -0.594. The van der Waals surface area contributed by atoms with Gasteiger partial charge in [-0.1, -0.05) is 36.9 Å². The fraction of sp³-hybridized carbons (Fsp3) is 0.227. The van der Waals surface area contributed by atoms with Crippen molar-refractivity contribution < 1.29 is 19.1 Å². The van der Waals surface area contributed by atoms with Crippen molar-refractivity contribution in [1.29, 1.82) is 0 Å². The van der Waals surface area contributed by atoms with Crippen molar-refractivity contribution in [2.45, 2.75) is 19.4 Å². The van der Waals surface area contributed by atoms with Crippen molar-refractivity contribution in [2.24, 2.45) is 0 Å². The Bertz CT molecular complexity index is 927. The van der Waals surface area contributed by atoms with E-state index < -0.39 is 12.0 Å². The van der Waals surface area contributed by atoms with Crippen LogP contribution in [0.2, 0.25) is 0 Å². The number of hydrazine groups is 1. The number of benzene rings is 2. The summed E-state index contributed by atoms with van der Waals surface area (Å²) in [5, 5.41) is 1.01. The lowest BCUT2D eigenvalue weighted by Crippen LogP contribution is -2.43. The SMILES string of the molecule is C=CC(=O)N1CCCc2cc(C(=O)NN(C)C(=O)OCc3ccccc3)ccc21. The number of carbonyl (C=O) groups excluding carboxylic acids is 3. The molecule has 0 radical (unpaired) electrons. The minimum Gasteiger partial charge on any atom is -0.443 e. The fourth-order valence-corrected chi connectivity index (χ4v) is 3.16. The van der Waals surface area contributed by atoms with Gasteiger partial charge in [0.1, 0.15) is 6.61 Å². The average Bonchev–Trinajstić information content (AvgIpc) is 2.76. The number of rotatable bonds is 4. The molecule has 7 nitrogen and oxygen atoms in total. The van der Waals surface area contributed by atoms with E-state index in [1.165, 1.54) is 13.1 Å². The first kappa shape index (κ1) is 20.1. The van der Waals surface area contributed by atoms with Crippen molar-refractivity contribution in [1.82, 2.24) is 10.4 Å². The first-order valence-electron chi connectivity index (χ1n) is 9.32. The van der Waals surface area contributed by atoms with Gasteiger partial charge >= 0.3 is 6.09 Å². The van der Waals surface area contributed by atoms with E-state index in [9.17, 15) is 14.4 Å². The molecule has 0 atom stereocenters. The summed E-state index contributed by atoms with van der Waals surface area (Å²) >= 11 is 0. The molecule has 0 saturated carbocycles. The molecule has 2 aromatic rings. The summed E-state index contributed by atoms with van der Waals surface area (Å²) in [6.07, 6.45) is 2.20. The molecule has 150 valence electrons. The molecule has 7 heteroatoms. The molecule has 0 fully saturated rings. The second-order valence-corrected chi connectivity index (χ2v) is 6.68. The molecule has 1 aliphatic heterocycles. The molecule has 0 spiro atoms. The maximum Gasteiger partial charge on any atom is 0.428 e. The predicted octanol–water partition coefficient (Wildman–Crippen LogP) is 3.07. The Morgan fingerprint density at radius 2 is 1.97 bits per heavy atom. The summed E-state index contributed by atoms with van der Waals surface area (Å²) in [4.78, 5) is 38.3. The molecule has 0 bridgehead atoms. The number of nitrogens with zero attached hydrogens (tertiary/aromatic N) is 2. The monoisotopic (exact) mass is 393 g/mol. The summed E-state index contributed by atoms with van der Waals surface area (Å²) in [6, 6.07) is 14.4. The number of anilines is 1. The number of nitrogens with one attached hydrogen (secondary N) is 1. The molecule has 2 aromatic carbocycles. The number of aryl methyl sites for hydroxylation is 1. The van der Waals surface area contributed by atoms with E-state index >= 15 is 0 Å². The van der Waals surface area contributed by atoms with Crippen LogP contribution in [0, 0.1) is 0 Å². The van der Waals surface area contributed by atoms with Gasteiger partial charge in [-0.05, 0) is 48.2 Å². The molecule has 3 amide bonds. The molecule has 29 heavy (non-hydrogen) atoms. The first-order valence-corrected chi connectivity index (χ1v) is 9.32.